The number of aryl methyl sites for hydroxylation is 1. The van der Waals surface area contributed by atoms with Crippen LogP contribution in [-0.2, 0) is 21.7 Å². The van der Waals surface area contributed by atoms with Crippen molar-refractivity contribution in [3.8, 4) is 0 Å². The summed E-state index contributed by atoms with van der Waals surface area (Å²) in [5, 5.41) is 4.87. The second-order valence-corrected chi connectivity index (χ2v) is 9.59. The van der Waals surface area contributed by atoms with Crippen LogP contribution in [-0.4, -0.2) is 65.3 Å². The molecule has 0 bridgehead atoms. The maximum absolute atomic E-state index is 13.3. The second kappa shape index (κ2) is 9.15. The molecule has 0 saturated carbocycles. The molecule has 4 amide bonds. The Morgan fingerprint density at radius 1 is 0.914 bits per heavy atom. The van der Waals surface area contributed by atoms with E-state index in [1.807, 2.05) is 54.6 Å². The molecule has 2 heterocycles. The number of amides is 4. The average Bonchev–Trinajstić information content (AvgIpc) is 3.09. The van der Waals surface area contributed by atoms with Crippen LogP contribution in [0.3, 0.4) is 0 Å². The number of piperazine rings is 1. The first kappa shape index (κ1) is 23.1. The molecule has 0 radical (unpaired) electrons. The molecule has 7 heteroatoms. The lowest BCUT2D eigenvalue weighted by molar-refractivity contribution is -0.139. The van der Waals surface area contributed by atoms with Gasteiger partial charge >= 0.3 is 6.03 Å². The molecule has 0 spiro atoms. The SMILES string of the molecule is Cc1ccccc1CN1CCN(C(=O)CN2C(=O)N[C@@](C)(c3ccc4ccccc4c3)C2=O)CC1. The highest BCUT2D eigenvalue weighted by molar-refractivity contribution is 6.09. The molecule has 2 aliphatic rings. The first-order valence-electron chi connectivity index (χ1n) is 12.0. The summed E-state index contributed by atoms with van der Waals surface area (Å²) in [4.78, 5) is 44.3. The third kappa shape index (κ3) is 4.39. The largest absolute Gasteiger partial charge is 0.339 e. The normalized spacial score (nSPS) is 21.0. The number of carbonyl (C=O) groups excluding carboxylic acids is 3. The summed E-state index contributed by atoms with van der Waals surface area (Å²) in [6.07, 6.45) is 0. The van der Waals surface area contributed by atoms with Gasteiger partial charge in [0.05, 0.1) is 0 Å². The summed E-state index contributed by atoms with van der Waals surface area (Å²) in [6, 6.07) is 21.4. The van der Waals surface area contributed by atoms with Crippen molar-refractivity contribution in [3.05, 3.63) is 83.4 Å². The summed E-state index contributed by atoms with van der Waals surface area (Å²) < 4.78 is 0. The number of carbonyl (C=O) groups is 3. The van der Waals surface area contributed by atoms with Crippen molar-refractivity contribution in [2.45, 2.75) is 25.9 Å². The van der Waals surface area contributed by atoms with E-state index in [2.05, 4.69) is 29.3 Å². The Bertz CT molecular complexity index is 1300. The maximum Gasteiger partial charge on any atom is 0.325 e. The Kier molecular flexibility index (Phi) is 6.03. The summed E-state index contributed by atoms with van der Waals surface area (Å²) >= 11 is 0. The summed E-state index contributed by atoms with van der Waals surface area (Å²) in [7, 11) is 0. The van der Waals surface area contributed by atoms with Crippen LogP contribution in [0.15, 0.2) is 66.7 Å². The molecular weight excluding hydrogens is 440 g/mol. The molecule has 2 saturated heterocycles. The van der Waals surface area contributed by atoms with Gasteiger partial charge in [-0.2, -0.15) is 0 Å². The van der Waals surface area contributed by atoms with E-state index >= 15 is 0 Å². The monoisotopic (exact) mass is 470 g/mol. The van der Waals surface area contributed by atoms with E-state index in [0.29, 0.717) is 18.7 Å². The Hall–Kier alpha value is -3.71. The Balaban J connectivity index is 1.22. The Morgan fingerprint density at radius 2 is 1.60 bits per heavy atom. The lowest BCUT2D eigenvalue weighted by Crippen LogP contribution is -2.51. The molecule has 0 aliphatic carbocycles. The highest BCUT2D eigenvalue weighted by Crippen LogP contribution is 2.31. The van der Waals surface area contributed by atoms with Crippen molar-refractivity contribution < 1.29 is 14.4 Å². The molecule has 7 nitrogen and oxygen atoms in total. The molecule has 180 valence electrons. The van der Waals surface area contributed by atoms with Gasteiger partial charge in [-0.3, -0.25) is 19.4 Å². The number of benzene rings is 3. The van der Waals surface area contributed by atoms with Gasteiger partial charge in [0.15, 0.2) is 0 Å². The third-order valence-electron chi connectivity index (χ3n) is 7.28. The molecule has 1 atom stereocenters. The number of fused-ring (bicyclic) bond motifs is 1. The van der Waals surface area contributed by atoms with Gasteiger partial charge in [-0.1, -0.05) is 60.7 Å². The predicted octanol–water partition coefficient (Wildman–Crippen LogP) is 3.26. The van der Waals surface area contributed by atoms with Crippen molar-refractivity contribution in [3.63, 3.8) is 0 Å². The van der Waals surface area contributed by atoms with Gasteiger partial charge in [0.25, 0.3) is 5.91 Å². The van der Waals surface area contributed by atoms with Gasteiger partial charge in [0.1, 0.15) is 12.1 Å². The zero-order valence-electron chi connectivity index (χ0n) is 20.2. The molecule has 2 aliphatic heterocycles. The molecule has 2 fully saturated rings. The predicted molar refractivity (Wildman–Crippen MR) is 135 cm³/mol. The van der Waals surface area contributed by atoms with Crippen LogP contribution in [0, 0.1) is 6.92 Å². The van der Waals surface area contributed by atoms with E-state index in [-0.39, 0.29) is 12.5 Å². The molecule has 3 aromatic rings. The van der Waals surface area contributed by atoms with Crippen LogP contribution in [0.2, 0.25) is 0 Å². The van der Waals surface area contributed by atoms with E-state index in [4.69, 9.17) is 0 Å². The minimum absolute atomic E-state index is 0.202. The molecule has 5 rings (SSSR count). The van der Waals surface area contributed by atoms with Gasteiger partial charge in [-0.25, -0.2) is 4.79 Å². The number of hydrogen-bond donors (Lipinski definition) is 1. The number of nitrogens with zero attached hydrogens (tertiary/aromatic N) is 3. The fourth-order valence-corrected chi connectivity index (χ4v) is 4.96. The molecular formula is C28H30N4O3. The van der Waals surface area contributed by atoms with Crippen LogP contribution in [0.5, 0.6) is 0 Å². The van der Waals surface area contributed by atoms with E-state index in [0.717, 1.165) is 35.3 Å². The van der Waals surface area contributed by atoms with Crippen molar-refractivity contribution in [2.75, 3.05) is 32.7 Å². The topological polar surface area (TPSA) is 73.0 Å². The first-order valence-corrected chi connectivity index (χ1v) is 12.0. The Morgan fingerprint density at radius 3 is 2.34 bits per heavy atom. The van der Waals surface area contributed by atoms with Crippen LogP contribution in [0.1, 0.15) is 23.6 Å². The zero-order valence-corrected chi connectivity index (χ0v) is 20.2. The second-order valence-electron chi connectivity index (χ2n) is 9.59. The first-order chi connectivity index (χ1) is 16.8. The van der Waals surface area contributed by atoms with Gasteiger partial charge in [-0.15, -0.1) is 0 Å². The van der Waals surface area contributed by atoms with Crippen molar-refractivity contribution in [1.29, 1.82) is 0 Å². The maximum atomic E-state index is 13.3. The zero-order chi connectivity index (χ0) is 24.6. The summed E-state index contributed by atoms with van der Waals surface area (Å²) in [5.41, 5.74) is 2.06. The van der Waals surface area contributed by atoms with Gasteiger partial charge < -0.3 is 10.2 Å². The van der Waals surface area contributed by atoms with Crippen LogP contribution >= 0.6 is 0 Å². The van der Waals surface area contributed by atoms with Crippen molar-refractivity contribution in [2.24, 2.45) is 0 Å². The third-order valence-corrected chi connectivity index (χ3v) is 7.28. The quantitative estimate of drug-likeness (QED) is 0.581. The van der Waals surface area contributed by atoms with E-state index in [9.17, 15) is 14.4 Å². The Labute approximate surface area is 205 Å². The minimum atomic E-state index is -1.20. The van der Waals surface area contributed by atoms with Crippen molar-refractivity contribution in [1.82, 2.24) is 20.0 Å². The standard InChI is InChI=1S/C28H30N4O3/c1-20-7-3-4-10-23(20)18-30-13-15-31(16-14-30)25(33)19-32-26(34)28(2,29-27(32)35)24-12-11-21-8-5-6-9-22(21)17-24/h3-12,17H,13-16,18-19H2,1-2H3,(H,29,35)/t28-/m0/s1. The minimum Gasteiger partial charge on any atom is -0.339 e. The number of nitrogens with one attached hydrogen (secondary N) is 1. The van der Waals surface area contributed by atoms with E-state index < -0.39 is 17.5 Å². The molecule has 0 unspecified atom stereocenters. The highest BCUT2D eigenvalue weighted by Gasteiger charge is 2.49. The van der Waals surface area contributed by atoms with Gasteiger partial charge in [-0.05, 0) is 47.4 Å². The molecule has 0 aromatic heterocycles. The van der Waals surface area contributed by atoms with Gasteiger partial charge in [0, 0.05) is 32.7 Å². The van der Waals surface area contributed by atoms with Crippen LogP contribution < -0.4 is 5.32 Å². The molecule has 3 aromatic carbocycles. The summed E-state index contributed by atoms with van der Waals surface area (Å²) in [5.74, 6) is -0.601. The number of rotatable bonds is 5. The number of imide groups is 1. The molecule has 35 heavy (non-hydrogen) atoms. The fourth-order valence-electron chi connectivity index (χ4n) is 4.96. The average molecular weight is 471 g/mol. The lowest BCUT2D eigenvalue weighted by atomic mass is 9.90. The smallest absolute Gasteiger partial charge is 0.325 e. The number of urea groups is 1. The number of hydrogen-bond acceptors (Lipinski definition) is 4. The molecule has 1 N–H and O–H groups in total. The highest BCUT2D eigenvalue weighted by atomic mass is 16.2. The van der Waals surface area contributed by atoms with Crippen LogP contribution in [0.25, 0.3) is 10.8 Å². The van der Waals surface area contributed by atoms with Crippen LogP contribution in [0.4, 0.5) is 4.79 Å². The fraction of sp³-hybridized carbons (Fsp3) is 0.321. The van der Waals surface area contributed by atoms with E-state index in [1.165, 1.54) is 11.1 Å². The summed E-state index contributed by atoms with van der Waals surface area (Å²) in [6.45, 7) is 7.10. The lowest BCUT2D eigenvalue weighted by Gasteiger charge is -2.35. The van der Waals surface area contributed by atoms with E-state index in [1.54, 1.807) is 11.8 Å². The van der Waals surface area contributed by atoms with Crippen molar-refractivity contribution >= 4 is 28.6 Å². The van der Waals surface area contributed by atoms with Gasteiger partial charge in [0.2, 0.25) is 5.91 Å².